The Kier molecular flexibility index (Phi) is 8.53. The summed E-state index contributed by atoms with van der Waals surface area (Å²) in [6, 6.07) is 15.7. The van der Waals surface area contributed by atoms with E-state index in [1.54, 1.807) is 19.2 Å². The summed E-state index contributed by atoms with van der Waals surface area (Å²) in [5, 5.41) is 7.83. The van der Waals surface area contributed by atoms with E-state index in [1.807, 2.05) is 36.4 Å². The first-order valence-corrected chi connectivity index (χ1v) is 12.6. The lowest BCUT2D eigenvalue weighted by molar-refractivity contribution is -0.111. The van der Waals surface area contributed by atoms with Gasteiger partial charge in [-0.05, 0) is 68.5 Å². The Labute approximate surface area is 217 Å². The van der Waals surface area contributed by atoms with Crippen LogP contribution < -0.4 is 16.4 Å². The topological polar surface area (TPSA) is 110 Å². The molecular formula is C29H35N5O3. The third-order valence-corrected chi connectivity index (χ3v) is 7.07. The molecule has 1 fully saturated rings. The zero-order valence-electron chi connectivity index (χ0n) is 21.5. The van der Waals surface area contributed by atoms with Crippen molar-refractivity contribution in [3.63, 3.8) is 0 Å². The number of anilines is 2. The number of aromatic nitrogens is 1. The Morgan fingerprint density at radius 1 is 1.16 bits per heavy atom. The smallest absolute Gasteiger partial charge is 0.272 e. The summed E-state index contributed by atoms with van der Waals surface area (Å²) in [7, 11) is 3.85. The molecule has 4 N–H and O–H groups in total. The second-order valence-electron chi connectivity index (χ2n) is 9.52. The molecule has 0 atom stereocenters. The van der Waals surface area contributed by atoms with Gasteiger partial charge in [0.25, 0.3) is 5.91 Å². The first-order chi connectivity index (χ1) is 17.9. The lowest BCUT2D eigenvalue weighted by Gasteiger charge is -2.34. The molecule has 2 amide bonds. The number of carbonyl (C=O) groups is 2. The fourth-order valence-electron chi connectivity index (χ4n) is 4.87. The van der Waals surface area contributed by atoms with Gasteiger partial charge in [0.1, 0.15) is 0 Å². The van der Waals surface area contributed by atoms with E-state index in [9.17, 15) is 9.59 Å². The van der Waals surface area contributed by atoms with Crippen LogP contribution in [-0.2, 0) is 9.53 Å². The summed E-state index contributed by atoms with van der Waals surface area (Å²) >= 11 is 0. The van der Waals surface area contributed by atoms with Crippen molar-refractivity contribution in [2.24, 2.45) is 0 Å². The van der Waals surface area contributed by atoms with Crippen LogP contribution in [0.2, 0.25) is 0 Å². The molecule has 2 aromatic carbocycles. The highest BCUT2D eigenvalue weighted by Gasteiger charge is 2.26. The lowest BCUT2D eigenvalue weighted by Crippen LogP contribution is -2.43. The molecule has 0 saturated heterocycles. The van der Waals surface area contributed by atoms with Gasteiger partial charge in [-0.25, -0.2) is 4.98 Å². The molecule has 1 heterocycles. The highest BCUT2D eigenvalue weighted by Crippen LogP contribution is 2.30. The summed E-state index contributed by atoms with van der Waals surface area (Å²) in [5.74, 6) is -0.534. The largest absolute Gasteiger partial charge is 0.397 e. The van der Waals surface area contributed by atoms with Crippen molar-refractivity contribution in [2.75, 3.05) is 38.4 Å². The maximum Gasteiger partial charge on any atom is 0.272 e. The molecule has 8 nitrogen and oxygen atoms in total. The molecular weight excluding hydrogens is 466 g/mol. The van der Waals surface area contributed by atoms with Crippen molar-refractivity contribution in [3.8, 4) is 11.3 Å². The van der Waals surface area contributed by atoms with Crippen molar-refractivity contribution in [3.05, 3.63) is 66.9 Å². The monoisotopic (exact) mass is 501 g/mol. The van der Waals surface area contributed by atoms with Crippen LogP contribution in [0.4, 0.5) is 11.4 Å². The highest BCUT2D eigenvalue weighted by atomic mass is 16.5. The number of hydrogen-bond donors (Lipinski definition) is 3. The van der Waals surface area contributed by atoms with Crippen LogP contribution in [0.25, 0.3) is 22.0 Å². The van der Waals surface area contributed by atoms with Crippen molar-refractivity contribution < 1.29 is 14.3 Å². The van der Waals surface area contributed by atoms with E-state index < -0.39 is 0 Å². The van der Waals surface area contributed by atoms with Crippen LogP contribution in [-0.4, -0.2) is 61.1 Å². The molecule has 0 radical (unpaired) electrons. The number of rotatable bonds is 9. The molecule has 37 heavy (non-hydrogen) atoms. The maximum absolute atomic E-state index is 13.2. The molecule has 1 aromatic heterocycles. The second-order valence-corrected chi connectivity index (χ2v) is 9.52. The van der Waals surface area contributed by atoms with Crippen LogP contribution in [0.3, 0.4) is 0 Å². The first-order valence-electron chi connectivity index (χ1n) is 12.6. The number of hydrogen-bond acceptors (Lipinski definition) is 6. The molecule has 0 spiro atoms. The van der Waals surface area contributed by atoms with Crippen molar-refractivity contribution >= 4 is 34.0 Å². The average molecular weight is 502 g/mol. The molecule has 0 unspecified atom stereocenters. The molecule has 1 aliphatic rings. The Hall–Kier alpha value is -3.75. The predicted molar refractivity (Wildman–Crippen MR) is 148 cm³/mol. The molecule has 8 heteroatoms. The number of likely N-dealkylation sites (N-methyl/N-ethyl adjacent to an activating group) is 1. The summed E-state index contributed by atoms with van der Waals surface area (Å²) in [6.45, 7) is 5.15. The zero-order chi connectivity index (χ0) is 26.4. The number of benzene rings is 2. The van der Waals surface area contributed by atoms with Gasteiger partial charge in [0.05, 0.1) is 18.0 Å². The summed E-state index contributed by atoms with van der Waals surface area (Å²) in [5.41, 5.74) is 8.87. The molecule has 0 bridgehead atoms. The Morgan fingerprint density at radius 3 is 2.68 bits per heavy atom. The number of nitrogen functional groups attached to an aromatic ring is 1. The third kappa shape index (κ3) is 6.34. The van der Waals surface area contributed by atoms with Crippen LogP contribution in [0.15, 0.2) is 61.2 Å². The van der Waals surface area contributed by atoms with Gasteiger partial charge in [0.15, 0.2) is 5.69 Å². The number of ether oxygens (including phenoxy) is 1. The number of nitrogens with two attached hydrogens (primary N) is 1. The van der Waals surface area contributed by atoms with Gasteiger partial charge in [-0.2, -0.15) is 0 Å². The van der Waals surface area contributed by atoms with E-state index in [0.29, 0.717) is 23.1 Å². The highest BCUT2D eigenvalue weighted by molar-refractivity contribution is 6.06. The number of fused-ring (bicyclic) bond motifs is 1. The molecule has 0 aliphatic heterocycles. The van der Waals surface area contributed by atoms with Crippen molar-refractivity contribution in [1.82, 2.24) is 15.2 Å². The molecule has 4 rings (SSSR count). The van der Waals surface area contributed by atoms with Crippen LogP contribution in [0.5, 0.6) is 0 Å². The Bertz CT molecular complexity index is 1280. The van der Waals surface area contributed by atoms with Gasteiger partial charge in [0.2, 0.25) is 5.91 Å². The third-order valence-electron chi connectivity index (χ3n) is 7.07. The van der Waals surface area contributed by atoms with Gasteiger partial charge < -0.3 is 26.0 Å². The zero-order valence-corrected chi connectivity index (χ0v) is 21.5. The number of carbonyl (C=O) groups excluding carboxylic acids is 2. The quantitative estimate of drug-likeness (QED) is 0.379. The predicted octanol–water partition coefficient (Wildman–Crippen LogP) is 4.23. The van der Waals surface area contributed by atoms with E-state index in [-0.39, 0.29) is 23.6 Å². The molecule has 1 saturated carbocycles. The van der Waals surface area contributed by atoms with Gasteiger partial charge in [0, 0.05) is 42.4 Å². The van der Waals surface area contributed by atoms with Crippen LogP contribution in [0, 0.1) is 0 Å². The number of pyridine rings is 1. The Morgan fingerprint density at radius 2 is 1.95 bits per heavy atom. The van der Waals surface area contributed by atoms with E-state index in [0.717, 1.165) is 55.2 Å². The summed E-state index contributed by atoms with van der Waals surface area (Å²) in [4.78, 5) is 32.0. The van der Waals surface area contributed by atoms with E-state index >= 15 is 0 Å². The lowest BCUT2D eigenvalue weighted by atomic mass is 9.90. The minimum absolute atomic E-state index is 0.0983. The maximum atomic E-state index is 13.2. The van der Waals surface area contributed by atoms with Crippen molar-refractivity contribution in [2.45, 2.75) is 37.8 Å². The van der Waals surface area contributed by atoms with E-state index in [2.05, 4.69) is 34.1 Å². The normalized spacial score (nSPS) is 17.5. The fourth-order valence-corrected chi connectivity index (χ4v) is 4.87. The van der Waals surface area contributed by atoms with Crippen molar-refractivity contribution in [1.29, 1.82) is 0 Å². The van der Waals surface area contributed by atoms with Gasteiger partial charge >= 0.3 is 0 Å². The van der Waals surface area contributed by atoms with E-state index in [1.165, 1.54) is 6.08 Å². The van der Waals surface area contributed by atoms with Gasteiger partial charge in [-0.3, -0.25) is 9.59 Å². The number of amides is 2. The SMILES string of the molecule is C=CC(=O)Nc1cccc2ccc(-c3ccc(N)c(C(=O)NC4CCC(N(C)CCOC)CC4)n3)cc12. The van der Waals surface area contributed by atoms with Crippen LogP contribution in [0.1, 0.15) is 36.2 Å². The molecule has 194 valence electrons. The minimum Gasteiger partial charge on any atom is -0.397 e. The number of nitrogens with zero attached hydrogens (tertiary/aromatic N) is 2. The van der Waals surface area contributed by atoms with Crippen LogP contribution >= 0.6 is 0 Å². The molecule has 1 aliphatic carbocycles. The molecule has 3 aromatic rings. The second kappa shape index (κ2) is 12.0. The standard InChI is InChI=1S/C29H35N5O3/c1-4-27(35)32-26-7-5-6-19-8-9-20(18-23(19)26)25-15-14-24(30)28(33-25)29(36)31-21-10-12-22(13-11-21)34(2)16-17-37-3/h4-9,14-15,18,21-22H,1,10-13,16-17,30H2,2-3H3,(H,31,36)(H,32,35). The van der Waals surface area contributed by atoms with Gasteiger partial charge in [-0.1, -0.05) is 30.8 Å². The minimum atomic E-state index is -0.280. The Balaban J connectivity index is 1.49. The summed E-state index contributed by atoms with van der Waals surface area (Å²) < 4.78 is 5.19. The number of nitrogens with one attached hydrogen (secondary N) is 2. The summed E-state index contributed by atoms with van der Waals surface area (Å²) in [6.07, 6.45) is 5.11. The average Bonchev–Trinajstić information content (AvgIpc) is 2.92. The first kappa shape index (κ1) is 26.3. The fraction of sp³-hybridized carbons (Fsp3) is 0.345. The van der Waals surface area contributed by atoms with Gasteiger partial charge in [-0.15, -0.1) is 0 Å². The van der Waals surface area contributed by atoms with E-state index in [4.69, 9.17) is 10.5 Å². The number of methoxy groups -OCH3 is 1.